The molecule has 20 heavy (non-hydrogen) atoms. The van der Waals surface area contributed by atoms with Crippen LogP contribution in [-0.4, -0.2) is 13.7 Å². The van der Waals surface area contributed by atoms with Crippen molar-refractivity contribution in [2.24, 2.45) is 0 Å². The molecule has 0 radical (unpaired) electrons. The van der Waals surface area contributed by atoms with E-state index < -0.39 is 0 Å². The Morgan fingerprint density at radius 3 is 2.65 bits per heavy atom. The van der Waals surface area contributed by atoms with Crippen molar-refractivity contribution in [3.05, 3.63) is 53.8 Å². The third-order valence-electron chi connectivity index (χ3n) is 2.85. The molecule has 0 amide bonds. The molecule has 1 N–H and O–H groups in total. The van der Waals surface area contributed by atoms with Crippen LogP contribution in [0, 0.1) is 5.82 Å². The van der Waals surface area contributed by atoms with E-state index in [9.17, 15) is 4.39 Å². The van der Waals surface area contributed by atoms with Gasteiger partial charge in [-0.25, -0.2) is 4.39 Å². The highest BCUT2D eigenvalue weighted by atomic mass is 19.1. The van der Waals surface area contributed by atoms with E-state index in [4.69, 9.17) is 9.47 Å². The first-order valence-electron chi connectivity index (χ1n) is 6.52. The van der Waals surface area contributed by atoms with Crippen LogP contribution in [0.2, 0.25) is 0 Å². The number of methoxy groups -OCH3 is 1. The SMILES string of the molecule is CCOc1cc(NCc2cccc(F)c2)ccc1OC. The van der Waals surface area contributed by atoms with Gasteiger partial charge in [-0.1, -0.05) is 12.1 Å². The summed E-state index contributed by atoms with van der Waals surface area (Å²) in [6, 6.07) is 12.2. The maximum atomic E-state index is 13.1. The number of nitrogens with one attached hydrogen (secondary N) is 1. The normalized spacial score (nSPS) is 10.2. The number of hydrogen-bond donors (Lipinski definition) is 1. The van der Waals surface area contributed by atoms with Crippen molar-refractivity contribution in [1.29, 1.82) is 0 Å². The van der Waals surface area contributed by atoms with Crippen LogP contribution in [0.1, 0.15) is 12.5 Å². The van der Waals surface area contributed by atoms with Crippen molar-refractivity contribution >= 4 is 5.69 Å². The van der Waals surface area contributed by atoms with Crippen molar-refractivity contribution in [2.45, 2.75) is 13.5 Å². The van der Waals surface area contributed by atoms with Gasteiger partial charge in [-0.05, 0) is 36.8 Å². The highest BCUT2D eigenvalue weighted by Crippen LogP contribution is 2.30. The van der Waals surface area contributed by atoms with E-state index in [1.165, 1.54) is 12.1 Å². The van der Waals surface area contributed by atoms with Crippen molar-refractivity contribution in [1.82, 2.24) is 0 Å². The minimum absolute atomic E-state index is 0.228. The summed E-state index contributed by atoms with van der Waals surface area (Å²) < 4.78 is 23.8. The van der Waals surface area contributed by atoms with Gasteiger partial charge in [0, 0.05) is 18.3 Å². The van der Waals surface area contributed by atoms with Gasteiger partial charge in [-0.3, -0.25) is 0 Å². The third-order valence-corrected chi connectivity index (χ3v) is 2.85. The second-order valence-corrected chi connectivity index (χ2v) is 4.28. The minimum Gasteiger partial charge on any atom is -0.493 e. The Balaban J connectivity index is 2.07. The van der Waals surface area contributed by atoms with E-state index in [2.05, 4.69) is 5.32 Å². The summed E-state index contributed by atoms with van der Waals surface area (Å²) in [4.78, 5) is 0. The fourth-order valence-electron chi connectivity index (χ4n) is 1.91. The highest BCUT2D eigenvalue weighted by molar-refractivity contribution is 5.55. The van der Waals surface area contributed by atoms with Crippen LogP contribution in [0.5, 0.6) is 11.5 Å². The predicted molar refractivity (Wildman–Crippen MR) is 77.9 cm³/mol. The first-order chi connectivity index (χ1) is 9.72. The van der Waals surface area contributed by atoms with Gasteiger partial charge in [0.1, 0.15) is 5.82 Å². The lowest BCUT2D eigenvalue weighted by molar-refractivity contribution is 0.311. The molecular formula is C16H18FNO2. The van der Waals surface area contributed by atoms with Crippen LogP contribution in [0.4, 0.5) is 10.1 Å². The Morgan fingerprint density at radius 1 is 1.10 bits per heavy atom. The van der Waals surface area contributed by atoms with Crippen molar-refractivity contribution < 1.29 is 13.9 Å². The summed E-state index contributed by atoms with van der Waals surface area (Å²) in [6.45, 7) is 3.05. The molecule has 0 aliphatic rings. The van der Waals surface area contributed by atoms with Crippen molar-refractivity contribution in [3.63, 3.8) is 0 Å². The van der Waals surface area contributed by atoms with Crippen LogP contribution in [-0.2, 0) is 6.54 Å². The zero-order valence-electron chi connectivity index (χ0n) is 11.7. The van der Waals surface area contributed by atoms with Gasteiger partial charge >= 0.3 is 0 Å². The van der Waals surface area contributed by atoms with E-state index in [1.54, 1.807) is 13.2 Å². The third kappa shape index (κ3) is 3.63. The topological polar surface area (TPSA) is 30.5 Å². The summed E-state index contributed by atoms with van der Waals surface area (Å²) in [5, 5.41) is 3.24. The number of anilines is 1. The van der Waals surface area contributed by atoms with Gasteiger partial charge in [0.25, 0.3) is 0 Å². The molecule has 3 nitrogen and oxygen atoms in total. The first-order valence-corrected chi connectivity index (χ1v) is 6.52. The average molecular weight is 275 g/mol. The minimum atomic E-state index is -0.228. The summed E-state index contributed by atoms with van der Waals surface area (Å²) in [7, 11) is 1.61. The van der Waals surface area contributed by atoms with E-state index in [1.807, 2.05) is 31.2 Å². The highest BCUT2D eigenvalue weighted by Gasteiger charge is 2.05. The Kier molecular flexibility index (Phi) is 4.82. The summed E-state index contributed by atoms with van der Waals surface area (Å²) in [6.07, 6.45) is 0. The molecule has 2 aromatic rings. The maximum Gasteiger partial charge on any atom is 0.163 e. The molecule has 0 aromatic heterocycles. The fourth-order valence-corrected chi connectivity index (χ4v) is 1.91. The van der Waals surface area contributed by atoms with Crippen molar-refractivity contribution in [2.75, 3.05) is 19.0 Å². The molecule has 0 saturated heterocycles. The Hall–Kier alpha value is -2.23. The van der Waals surface area contributed by atoms with Crippen molar-refractivity contribution in [3.8, 4) is 11.5 Å². The quantitative estimate of drug-likeness (QED) is 0.868. The number of hydrogen-bond acceptors (Lipinski definition) is 3. The molecule has 2 aromatic carbocycles. The molecule has 0 bridgehead atoms. The number of benzene rings is 2. The van der Waals surface area contributed by atoms with E-state index in [0.717, 1.165) is 11.3 Å². The molecule has 106 valence electrons. The molecule has 0 fully saturated rings. The molecule has 0 heterocycles. The number of rotatable bonds is 6. The van der Waals surface area contributed by atoms with Crippen LogP contribution in [0.15, 0.2) is 42.5 Å². The predicted octanol–water partition coefficient (Wildman–Crippen LogP) is 3.85. The lowest BCUT2D eigenvalue weighted by atomic mass is 10.2. The summed E-state index contributed by atoms with van der Waals surface area (Å²) in [5.41, 5.74) is 1.79. The molecule has 4 heteroatoms. The monoisotopic (exact) mass is 275 g/mol. The van der Waals surface area contributed by atoms with Crippen LogP contribution in [0.25, 0.3) is 0 Å². The van der Waals surface area contributed by atoms with Gasteiger partial charge in [-0.15, -0.1) is 0 Å². The zero-order valence-corrected chi connectivity index (χ0v) is 11.7. The van der Waals surface area contributed by atoms with Crippen LogP contribution in [0.3, 0.4) is 0 Å². The molecular weight excluding hydrogens is 257 g/mol. The molecule has 2 rings (SSSR count). The fraction of sp³-hybridized carbons (Fsp3) is 0.250. The molecule has 0 aliphatic heterocycles. The van der Waals surface area contributed by atoms with E-state index >= 15 is 0 Å². The standard InChI is InChI=1S/C16H18FNO2/c1-3-20-16-10-14(7-8-15(16)19-2)18-11-12-5-4-6-13(17)9-12/h4-10,18H,3,11H2,1-2H3. The van der Waals surface area contributed by atoms with Crippen LogP contribution < -0.4 is 14.8 Å². The summed E-state index contributed by atoms with van der Waals surface area (Å²) >= 11 is 0. The lowest BCUT2D eigenvalue weighted by Crippen LogP contribution is -2.01. The van der Waals surface area contributed by atoms with Gasteiger partial charge < -0.3 is 14.8 Å². The lowest BCUT2D eigenvalue weighted by Gasteiger charge is -2.12. The second kappa shape index (κ2) is 6.80. The summed E-state index contributed by atoms with van der Waals surface area (Å²) in [5.74, 6) is 1.16. The van der Waals surface area contributed by atoms with Gasteiger partial charge in [-0.2, -0.15) is 0 Å². The van der Waals surface area contributed by atoms with Gasteiger partial charge in [0.2, 0.25) is 0 Å². The van der Waals surface area contributed by atoms with Gasteiger partial charge in [0.15, 0.2) is 11.5 Å². The largest absolute Gasteiger partial charge is 0.493 e. The van der Waals surface area contributed by atoms with Crippen LogP contribution >= 0.6 is 0 Å². The van der Waals surface area contributed by atoms with E-state index in [0.29, 0.717) is 24.7 Å². The maximum absolute atomic E-state index is 13.1. The zero-order chi connectivity index (χ0) is 14.4. The number of halogens is 1. The molecule has 0 aliphatic carbocycles. The Labute approximate surface area is 118 Å². The first kappa shape index (κ1) is 14.2. The second-order valence-electron chi connectivity index (χ2n) is 4.28. The Morgan fingerprint density at radius 2 is 1.95 bits per heavy atom. The molecule has 0 unspecified atom stereocenters. The smallest absolute Gasteiger partial charge is 0.163 e. The van der Waals surface area contributed by atoms with E-state index in [-0.39, 0.29) is 5.82 Å². The number of ether oxygens (including phenoxy) is 2. The molecule has 0 atom stereocenters. The average Bonchev–Trinajstić information content (AvgIpc) is 2.46. The van der Waals surface area contributed by atoms with Gasteiger partial charge in [0.05, 0.1) is 13.7 Å². The molecule has 0 spiro atoms. The Bertz CT molecular complexity index is 572. The molecule has 0 saturated carbocycles.